The molecule has 20 heavy (non-hydrogen) atoms. The van der Waals surface area contributed by atoms with Crippen LogP contribution in [0.5, 0.6) is 0 Å². The molecule has 0 radical (unpaired) electrons. The van der Waals surface area contributed by atoms with Gasteiger partial charge in [-0.3, -0.25) is 4.79 Å². The number of fused-ring (bicyclic) bond motifs is 1. The zero-order valence-corrected chi connectivity index (χ0v) is 11.8. The lowest BCUT2D eigenvalue weighted by atomic mass is 9.59. The molecular formula is C14H20O6. The Bertz CT molecular complexity index is 443. The first-order valence-electron chi connectivity index (χ1n) is 6.42. The number of carbonyl (C=O) groups is 1. The van der Waals surface area contributed by atoms with E-state index in [0.29, 0.717) is 12.2 Å². The van der Waals surface area contributed by atoms with Crippen LogP contribution in [0.25, 0.3) is 0 Å². The van der Waals surface area contributed by atoms with Gasteiger partial charge in [0, 0.05) is 19.4 Å². The SMILES string of the molecule is COC(=O)[C@@]12[C@H](O)C=C[C@H](O)[C@@H]1CC(OC)=C[C@@H]2OC. The van der Waals surface area contributed by atoms with Gasteiger partial charge in [-0.05, 0) is 6.08 Å². The molecule has 2 N–H and O–H groups in total. The first kappa shape index (κ1) is 15.0. The van der Waals surface area contributed by atoms with E-state index < -0.39 is 35.6 Å². The molecule has 5 atom stereocenters. The summed E-state index contributed by atoms with van der Waals surface area (Å²) in [6.07, 6.45) is 2.17. The van der Waals surface area contributed by atoms with Crippen molar-refractivity contribution in [2.24, 2.45) is 11.3 Å². The maximum absolute atomic E-state index is 12.4. The van der Waals surface area contributed by atoms with Crippen molar-refractivity contribution in [1.29, 1.82) is 0 Å². The highest BCUT2D eigenvalue weighted by molar-refractivity contribution is 5.80. The lowest BCUT2D eigenvalue weighted by molar-refractivity contribution is -0.187. The molecule has 0 fully saturated rings. The Morgan fingerprint density at radius 2 is 2.00 bits per heavy atom. The molecule has 2 aliphatic carbocycles. The van der Waals surface area contributed by atoms with Crippen molar-refractivity contribution in [2.45, 2.75) is 24.7 Å². The van der Waals surface area contributed by atoms with Gasteiger partial charge in [0.15, 0.2) is 0 Å². The Hall–Kier alpha value is -1.37. The number of methoxy groups -OCH3 is 3. The van der Waals surface area contributed by atoms with Crippen LogP contribution in [0.4, 0.5) is 0 Å². The van der Waals surface area contributed by atoms with Gasteiger partial charge in [-0.15, -0.1) is 0 Å². The molecular weight excluding hydrogens is 264 g/mol. The van der Waals surface area contributed by atoms with Gasteiger partial charge in [0.05, 0.1) is 38.3 Å². The van der Waals surface area contributed by atoms with Crippen molar-refractivity contribution in [2.75, 3.05) is 21.3 Å². The number of aliphatic hydroxyl groups excluding tert-OH is 2. The van der Waals surface area contributed by atoms with Crippen LogP contribution in [0.2, 0.25) is 0 Å². The van der Waals surface area contributed by atoms with E-state index in [0.717, 1.165) is 0 Å². The zero-order valence-electron chi connectivity index (χ0n) is 11.8. The second-order valence-corrected chi connectivity index (χ2v) is 5.05. The summed E-state index contributed by atoms with van der Waals surface area (Å²) in [6, 6.07) is 0. The Kier molecular flexibility index (Phi) is 4.17. The Balaban J connectivity index is 2.59. The third kappa shape index (κ3) is 1.95. The minimum Gasteiger partial charge on any atom is -0.501 e. The zero-order chi connectivity index (χ0) is 14.9. The van der Waals surface area contributed by atoms with E-state index >= 15 is 0 Å². The molecule has 0 amide bonds. The van der Waals surface area contributed by atoms with Crippen molar-refractivity contribution in [1.82, 2.24) is 0 Å². The van der Waals surface area contributed by atoms with Gasteiger partial charge in [-0.2, -0.15) is 0 Å². The minimum atomic E-state index is -1.36. The summed E-state index contributed by atoms with van der Waals surface area (Å²) in [4.78, 5) is 12.4. The average Bonchev–Trinajstić information content (AvgIpc) is 2.48. The second kappa shape index (κ2) is 5.55. The predicted molar refractivity (Wildman–Crippen MR) is 69.6 cm³/mol. The Labute approximate surface area is 117 Å². The molecule has 0 unspecified atom stereocenters. The summed E-state index contributed by atoms with van der Waals surface area (Å²) < 4.78 is 15.5. The largest absolute Gasteiger partial charge is 0.501 e. The molecule has 0 heterocycles. The van der Waals surface area contributed by atoms with Crippen LogP contribution in [-0.2, 0) is 19.0 Å². The van der Waals surface area contributed by atoms with Crippen LogP contribution in [0, 0.1) is 11.3 Å². The maximum atomic E-state index is 12.4. The van der Waals surface area contributed by atoms with Gasteiger partial charge in [0.2, 0.25) is 0 Å². The van der Waals surface area contributed by atoms with Crippen LogP contribution in [-0.4, -0.2) is 55.8 Å². The van der Waals surface area contributed by atoms with E-state index in [-0.39, 0.29) is 0 Å². The molecule has 112 valence electrons. The summed E-state index contributed by atoms with van der Waals surface area (Å²) in [5.41, 5.74) is -1.36. The number of rotatable bonds is 3. The van der Waals surface area contributed by atoms with Gasteiger partial charge in [-0.25, -0.2) is 0 Å². The van der Waals surface area contributed by atoms with Crippen LogP contribution in [0.15, 0.2) is 24.0 Å². The second-order valence-electron chi connectivity index (χ2n) is 5.05. The Morgan fingerprint density at radius 3 is 2.55 bits per heavy atom. The molecule has 2 rings (SSSR count). The third-order valence-corrected chi connectivity index (χ3v) is 4.29. The van der Waals surface area contributed by atoms with Crippen molar-refractivity contribution < 1.29 is 29.2 Å². The number of hydrogen-bond donors (Lipinski definition) is 2. The monoisotopic (exact) mass is 284 g/mol. The van der Waals surface area contributed by atoms with E-state index in [4.69, 9.17) is 14.2 Å². The van der Waals surface area contributed by atoms with Crippen molar-refractivity contribution in [3.63, 3.8) is 0 Å². The van der Waals surface area contributed by atoms with Crippen LogP contribution in [0.1, 0.15) is 6.42 Å². The summed E-state index contributed by atoms with van der Waals surface area (Å²) in [5, 5.41) is 20.6. The molecule has 0 bridgehead atoms. The van der Waals surface area contributed by atoms with Crippen molar-refractivity contribution in [3.05, 3.63) is 24.0 Å². The summed E-state index contributed by atoms with van der Waals surface area (Å²) >= 11 is 0. The van der Waals surface area contributed by atoms with Crippen LogP contribution < -0.4 is 0 Å². The lowest BCUT2D eigenvalue weighted by Gasteiger charge is -2.49. The molecule has 0 aromatic rings. The van der Waals surface area contributed by atoms with Crippen molar-refractivity contribution in [3.8, 4) is 0 Å². The van der Waals surface area contributed by atoms with Crippen LogP contribution >= 0.6 is 0 Å². The van der Waals surface area contributed by atoms with Gasteiger partial charge in [0.25, 0.3) is 0 Å². The van der Waals surface area contributed by atoms with Gasteiger partial charge < -0.3 is 24.4 Å². The molecule has 0 saturated heterocycles. The summed E-state index contributed by atoms with van der Waals surface area (Å²) in [6.45, 7) is 0. The van der Waals surface area contributed by atoms with Gasteiger partial charge in [0.1, 0.15) is 5.41 Å². The molecule has 0 aliphatic heterocycles. The third-order valence-electron chi connectivity index (χ3n) is 4.29. The van der Waals surface area contributed by atoms with Gasteiger partial charge >= 0.3 is 5.97 Å². The molecule has 6 nitrogen and oxygen atoms in total. The first-order valence-corrected chi connectivity index (χ1v) is 6.42. The highest BCUT2D eigenvalue weighted by atomic mass is 16.5. The molecule has 0 aromatic heterocycles. The number of carbonyl (C=O) groups excluding carboxylic acids is 1. The standard InChI is InChI=1S/C14H20O6/c1-18-8-6-9-10(15)4-5-11(16)14(9,13(17)20-3)12(7-8)19-2/h4-5,7,9-12,15-16H,6H2,1-3H3/t9-,10-,11+,12-,14+/m0/s1. The molecule has 0 spiro atoms. The fourth-order valence-electron chi connectivity index (χ4n) is 3.25. The van der Waals surface area contributed by atoms with E-state index in [1.54, 1.807) is 6.08 Å². The average molecular weight is 284 g/mol. The topological polar surface area (TPSA) is 85.2 Å². The minimum absolute atomic E-state index is 0.327. The number of allylic oxidation sites excluding steroid dienone is 1. The smallest absolute Gasteiger partial charge is 0.318 e. The van der Waals surface area contributed by atoms with E-state index in [1.807, 2.05) is 0 Å². The van der Waals surface area contributed by atoms with E-state index in [2.05, 4.69) is 0 Å². The molecule has 6 heteroatoms. The quantitative estimate of drug-likeness (QED) is 0.560. The highest BCUT2D eigenvalue weighted by Gasteiger charge is 2.62. The number of ether oxygens (including phenoxy) is 3. The number of esters is 1. The molecule has 2 aliphatic rings. The maximum Gasteiger partial charge on any atom is 0.318 e. The summed E-state index contributed by atoms with van der Waals surface area (Å²) in [7, 11) is 4.22. The highest BCUT2D eigenvalue weighted by Crippen LogP contribution is 2.50. The molecule has 0 aromatic carbocycles. The number of hydrogen-bond acceptors (Lipinski definition) is 6. The molecule has 0 saturated carbocycles. The summed E-state index contributed by atoms with van der Waals surface area (Å²) in [5.74, 6) is -0.556. The van der Waals surface area contributed by atoms with Crippen molar-refractivity contribution >= 4 is 5.97 Å². The fraction of sp³-hybridized carbons (Fsp3) is 0.643. The van der Waals surface area contributed by atoms with Gasteiger partial charge in [-0.1, -0.05) is 12.2 Å². The van der Waals surface area contributed by atoms with E-state index in [9.17, 15) is 15.0 Å². The normalized spacial score (nSPS) is 39.8. The fourth-order valence-corrected chi connectivity index (χ4v) is 3.25. The van der Waals surface area contributed by atoms with E-state index in [1.165, 1.54) is 33.5 Å². The number of aliphatic hydroxyl groups is 2. The lowest BCUT2D eigenvalue weighted by Crippen LogP contribution is -2.62. The predicted octanol–water partition coefficient (Wildman–Crippen LogP) is 0.00260. The Morgan fingerprint density at radius 1 is 1.30 bits per heavy atom. The van der Waals surface area contributed by atoms with Crippen LogP contribution in [0.3, 0.4) is 0 Å². The first-order chi connectivity index (χ1) is 9.52.